The monoisotopic (exact) mass is 392 g/mol. The fourth-order valence-electron chi connectivity index (χ4n) is 2.90. The SMILES string of the molecule is Cc1noc(-c2cnc(C(C)C)nc2-c2ccc(CNC(=O)C(C)C)cc2)c1C. The van der Waals surface area contributed by atoms with Gasteiger partial charge >= 0.3 is 0 Å². The van der Waals surface area contributed by atoms with E-state index in [-0.39, 0.29) is 17.7 Å². The quantitative estimate of drug-likeness (QED) is 0.651. The van der Waals surface area contributed by atoms with Crippen molar-refractivity contribution < 1.29 is 9.32 Å². The Bertz CT molecular complexity index is 1000. The van der Waals surface area contributed by atoms with E-state index >= 15 is 0 Å². The smallest absolute Gasteiger partial charge is 0.222 e. The summed E-state index contributed by atoms with van der Waals surface area (Å²) < 4.78 is 5.58. The van der Waals surface area contributed by atoms with Gasteiger partial charge < -0.3 is 9.84 Å². The molecule has 0 fully saturated rings. The highest BCUT2D eigenvalue weighted by Crippen LogP contribution is 2.34. The Balaban J connectivity index is 1.97. The molecule has 3 rings (SSSR count). The van der Waals surface area contributed by atoms with E-state index in [1.165, 1.54) is 0 Å². The highest BCUT2D eigenvalue weighted by Gasteiger charge is 2.19. The first-order valence-corrected chi connectivity index (χ1v) is 9.95. The van der Waals surface area contributed by atoms with Crippen molar-refractivity contribution in [2.45, 2.75) is 54.0 Å². The molecule has 0 atom stereocenters. The molecule has 0 aliphatic heterocycles. The summed E-state index contributed by atoms with van der Waals surface area (Å²) in [5, 5.41) is 7.02. The zero-order chi connectivity index (χ0) is 21.1. The molecule has 2 aromatic heterocycles. The molecule has 29 heavy (non-hydrogen) atoms. The van der Waals surface area contributed by atoms with Crippen LogP contribution in [0.15, 0.2) is 35.0 Å². The molecule has 6 heteroatoms. The molecule has 0 spiro atoms. The molecule has 1 aromatic carbocycles. The lowest BCUT2D eigenvalue weighted by Gasteiger charge is -2.12. The molecule has 3 aromatic rings. The lowest BCUT2D eigenvalue weighted by atomic mass is 10.0. The summed E-state index contributed by atoms with van der Waals surface area (Å²) in [6, 6.07) is 8.06. The van der Waals surface area contributed by atoms with Crippen molar-refractivity contribution in [1.82, 2.24) is 20.4 Å². The van der Waals surface area contributed by atoms with Crippen molar-refractivity contribution in [3.8, 4) is 22.6 Å². The zero-order valence-corrected chi connectivity index (χ0v) is 17.9. The minimum atomic E-state index is -0.0269. The fourth-order valence-corrected chi connectivity index (χ4v) is 2.90. The molecule has 152 valence electrons. The van der Waals surface area contributed by atoms with Crippen molar-refractivity contribution in [3.63, 3.8) is 0 Å². The first-order chi connectivity index (χ1) is 13.8. The summed E-state index contributed by atoms with van der Waals surface area (Å²) in [4.78, 5) is 21.2. The van der Waals surface area contributed by atoms with Crippen LogP contribution in [0.4, 0.5) is 0 Å². The van der Waals surface area contributed by atoms with Crippen LogP contribution in [0.5, 0.6) is 0 Å². The topological polar surface area (TPSA) is 80.9 Å². The molecule has 0 aliphatic rings. The first kappa shape index (κ1) is 20.7. The van der Waals surface area contributed by atoms with Gasteiger partial charge in [0, 0.05) is 35.7 Å². The van der Waals surface area contributed by atoms with E-state index in [4.69, 9.17) is 9.51 Å². The number of nitrogens with one attached hydrogen (secondary N) is 1. The van der Waals surface area contributed by atoms with E-state index in [0.29, 0.717) is 12.3 Å². The largest absolute Gasteiger partial charge is 0.356 e. The van der Waals surface area contributed by atoms with Crippen LogP contribution in [0, 0.1) is 19.8 Å². The van der Waals surface area contributed by atoms with Gasteiger partial charge in [0.15, 0.2) is 5.76 Å². The highest BCUT2D eigenvalue weighted by molar-refractivity contribution is 5.79. The van der Waals surface area contributed by atoms with Crippen LogP contribution in [0.3, 0.4) is 0 Å². The van der Waals surface area contributed by atoms with Crippen molar-refractivity contribution in [2.24, 2.45) is 5.92 Å². The molecule has 6 nitrogen and oxygen atoms in total. The summed E-state index contributed by atoms with van der Waals surface area (Å²) in [5.74, 6) is 1.71. The molecule has 1 amide bonds. The third-order valence-corrected chi connectivity index (χ3v) is 4.94. The van der Waals surface area contributed by atoms with E-state index in [2.05, 4.69) is 29.3 Å². The lowest BCUT2D eigenvalue weighted by Crippen LogP contribution is -2.27. The van der Waals surface area contributed by atoms with Crippen LogP contribution in [-0.2, 0) is 11.3 Å². The third-order valence-electron chi connectivity index (χ3n) is 4.94. The number of hydrogen-bond donors (Lipinski definition) is 1. The van der Waals surface area contributed by atoms with E-state index in [0.717, 1.165) is 39.5 Å². The van der Waals surface area contributed by atoms with Gasteiger partial charge in [0.1, 0.15) is 5.82 Å². The van der Waals surface area contributed by atoms with Gasteiger partial charge in [0.05, 0.1) is 17.0 Å². The van der Waals surface area contributed by atoms with Gasteiger partial charge in [-0.1, -0.05) is 57.1 Å². The second-order valence-electron chi connectivity index (χ2n) is 7.94. The van der Waals surface area contributed by atoms with Crippen LogP contribution in [0.25, 0.3) is 22.6 Å². The Labute approximate surface area is 171 Å². The summed E-state index contributed by atoms with van der Waals surface area (Å²) in [5.41, 5.74) is 5.50. The Morgan fingerprint density at radius 1 is 1.10 bits per heavy atom. The number of carbonyl (C=O) groups excluding carboxylic acids is 1. The zero-order valence-electron chi connectivity index (χ0n) is 17.9. The van der Waals surface area contributed by atoms with E-state index in [1.807, 2.05) is 58.2 Å². The standard InChI is InChI=1S/C23H28N4O2/c1-13(2)22-24-12-19(21-15(5)16(6)27-29-21)20(26-22)18-9-7-17(8-10-18)11-25-23(28)14(3)4/h7-10,12-14H,11H2,1-6H3,(H,25,28). The number of benzene rings is 1. The van der Waals surface area contributed by atoms with Crippen molar-refractivity contribution in [2.75, 3.05) is 0 Å². The van der Waals surface area contributed by atoms with E-state index in [9.17, 15) is 4.79 Å². The molecule has 0 bridgehead atoms. The van der Waals surface area contributed by atoms with Crippen LogP contribution < -0.4 is 5.32 Å². The van der Waals surface area contributed by atoms with Gasteiger partial charge in [-0.15, -0.1) is 0 Å². The summed E-state index contributed by atoms with van der Waals surface area (Å²) in [6.45, 7) is 12.3. The van der Waals surface area contributed by atoms with Crippen molar-refractivity contribution >= 4 is 5.91 Å². The van der Waals surface area contributed by atoms with Gasteiger partial charge in [-0.25, -0.2) is 9.97 Å². The number of nitrogens with zero attached hydrogens (tertiary/aromatic N) is 3. The average Bonchev–Trinajstić information content (AvgIpc) is 3.04. The van der Waals surface area contributed by atoms with Gasteiger partial charge in [0.2, 0.25) is 5.91 Å². The maximum Gasteiger partial charge on any atom is 0.222 e. The van der Waals surface area contributed by atoms with Crippen LogP contribution >= 0.6 is 0 Å². The van der Waals surface area contributed by atoms with Crippen LogP contribution in [0.2, 0.25) is 0 Å². The second kappa shape index (κ2) is 8.55. The predicted octanol–water partition coefficient (Wildman–Crippen LogP) is 4.81. The molecule has 0 radical (unpaired) electrons. The molecule has 0 saturated heterocycles. The van der Waals surface area contributed by atoms with E-state index < -0.39 is 0 Å². The Hall–Kier alpha value is -3.02. The molecular weight excluding hydrogens is 364 g/mol. The van der Waals surface area contributed by atoms with Crippen LogP contribution in [-0.4, -0.2) is 21.0 Å². The third kappa shape index (κ3) is 4.53. The number of hydrogen-bond acceptors (Lipinski definition) is 5. The maximum atomic E-state index is 11.8. The lowest BCUT2D eigenvalue weighted by molar-refractivity contribution is -0.124. The summed E-state index contributed by atoms with van der Waals surface area (Å²) in [7, 11) is 0. The van der Waals surface area contributed by atoms with Gasteiger partial charge in [-0.05, 0) is 19.4 Å². The fraction of sp³-hybridized carbons (Fsp3) is 0.391. The molecular formula is C23H28N4O2. The Kier molecular flexibility index (Phi) is 6.11. The van der Waals surface area contributed by atoms with Crippen molar-refractivity contribution in [1.29, 1.82) is 0 Å². The number of amides is 1. The number of carbonyl (C=O) groups is 1. The average molecular weight is 393 g/mol. The number of rotatable bonds is 6. The minimum Gasteiger partial charge on any atom is -0.356 e. The molecule has 0 unspecified atom stereocenters. The maximum absolute atomic E-state index is 11.8. The molecule has 2 heterocycles. The number of aryl methyl sites for hydroxylation is 1. The molecule has 0 saturated carbocycles. The normalized spacial score (nSPS) is 11.3. The Morgan fingerprint density at radius 2 is 1.79 bits per heavy atom. The van der Waals surface area contributed by atoms with Crippen LogP contribution in [0.1, 0.15) is 56.3 Å². The predicted molar refractivity (Wildman–Crippen MR) is 113 cm³/mol. The van der Waals surface area contributed by atoms with Gasteiger partial charge in [-0.2, -0.15) is 0 Å². The van der Waals surface area contributed by atoms with Crippen molar-refractivity contribution in [3.05, 3.63) is 53.1 Å². The molecule has 1 N–H and O–H groups in total. The summed E-state index contributed by atoms with van der Waals surface area (Å²) >= 11 is 0. The first-order valence-electron chi connectivity index (χ1n) is 9.95. The highest BCUT2D eigenvalue weighted by atomic mass is 16.5. The Morgan fingerprint density at radius 3 is 2.34 bits per heavy atom. The second-order valence-corrected chi connectivity index (χ2v) is 7.94. The summed E-state index contributed by atoms with van der Waals surface area (Å²) in [6.07, 6.45) is 1.82. The minimum absolute atomic E-state index is 0.0269. The van der Waals surface area contributed by atoms with Gasteiger partial charge in [0.25, 0.3) is 0 Å². The molecule has 0 aliphatic carbocycles. The number of aromatic nitrogens is 3. The van der Waals surface area contributed by atoms with E-state index in [1.54, 1.807) is 0 Å². The van der Waals surface area contributed by atoms with Gasteiger partial charge in [-0.3, -0.25) is 4.79 Å².